The summed E-state index contributed by atoms with van der Waals surface area (Å²) in [7, 11) is 0. The lowest BCUT2D eigenvalue weighted by Crippen LogP contribution is -2.39. The van der Waals surface area contributed by atoms with Crippen LogP contribution in [0.1, 0.15) is 57.1 Å². The average Bonchev–Trinajstić information content (AvgIpc) is 2.68. The van der Waals surface area contributed by atoms with E-state index in [1.807, 2.05) is 6.92 Å². The lowest BCUT2D eigenvalue weighted by molar-refractivity contribution is -0.131. The molecule has 2 nitrogen and oxygen atoms in total. The van der Waals surface area contributed by atoms with Crippen LogP contribution in [0.25, 0.3) is 0 Å². The lowest BCUT2D eigenvalue weighted by Gasteiger charge is -2.37. The molecule has 1 aromatic carbocycles. The topological polar surface area (TPSA) is 29.5 Å². The van der Waals surface area contributed by atoms with E-state index in [0.717, 1.165) is 50.7 Å². The summed E-state index contributed by atoms with van der Waals surface area (Å²) in [5.74, 6) is -1.82. The van der Waals surface area contributed by atoms with Gasteiger partial charge < -0.3 is 9.84 Å². The van der Waals surface area contributed by atoms with Crippen LogP contribution in [0.4, 0.5) is 8.78 Å². The maximum atomic E-state index is 13.4. The molecule has 0 heterocycles. The summed E-state index contributed by atoms with van der Waals surface area (Å²) in [6.07, 6.45) is 4.80. The molecule has 0 radical (unpaired) electrons. The summed E-state index contributed by atoms with van der Waals surface area (Å²) in [5, 5.41) is 10.7. The molecule has 1 aliphatic rings. The van der Waals surface area contributed by atoms with Crippen molar-refractivity contribution < 1.29 is 18.6 Å². The standard InChI is InChI=1S/C16H22F2O2/c1-2-20-16(9-5-3-4-6-10-16)15(19)12-7-8-13(17)14(18)11-12/h7-8,11,15,19H,2-6,9-10H2,1H3. The molecule has 1 N–H and O–H groups in total. The Morgan fingerprint density at radius 2 is 1.80 bits per heavy atom. The first-order valence-electron chi connectivity index (χ1n) is 7.36. The van der Waals surface area contributed by atoms with E-state index in [-0.39, 0.29) is 0 Å². The van der Waals surface area contributed by atoms with E-state index in [9.17, 15) is 13.9 Å². The van der Waals surface area contributed by atoms with Crippen molar-refractivity contribution in [3.8, 4) is 0 Å². The van der Waals surface area contributed by atoms with E-state index < -0.39 is 23.3 Å². The molecule has 1 atom stereocenters. The Kier molecular flexibility index (Phi) is 5.11. The van der Waals surface area contributed by atoms with Crippen LogP contribution in [-0.4, -0.2) is 17.3 Å². The zero-order valence-electron chi connectivity index (χ0n) is 11.9. The van der Waals surface area contributed by atoms with Crippen LogP contribution in [0, 0.1) is 11.6 Å². The summed E-state index contributed by atoms with van der Waals surface area (Å²) in [6, 6.07) is 3.57. The number of hydrogen-bond acceptors (Lipinski definition) is 2. The lowest BCUT2D eigenvalue weighted by atomic mass is 9.84. The summed E-state index contributed by atoms with van der Waals surface area (Å²) < 4.78 is 32.3. The van der Waals surface area contributed by atoms with Crippen molar-refractivity contribution in [1.29, 1.82) is 0 Å². The molecule has 1 fully saturated rings. The Bertz CT molecular complexity index is 440. The predicted octanol–water partition coefficient (Wildman–Crippen LogP) is 4.13. The third-order valence-electron chi connectivity index (χ3n) is 4.14. The number of aliphatic hydroxyl groups excluding tert-OH is 1. The number of halogens is 2. The van der Waals surface area contributed by atoms with Crippen LogP contribution in [0.3, 0.4) is 0 Å². The highest BCUT2D eigenvalue weighted by Gasteiger charge is 2.40. The molecule has 20 heavy (non-hydrogen) atoms. The second-order valence-electron chi connectivity index (χ2n) is 5.49. The van der Waals surface area contributed by atoms with E-state index in [4.69, 9.17) is 4.74 Å². The zero-order chi connectivity index (χ0) is 14.6. The zero-order valence-corrected chi connectivity index (χ0v) is 11.9. The van der Waals surface area contributed by atoms with Gasteiger partial charge in [-0.3, -0.25) is 0 Å². The summed E-state index contributed by atoms with van der Waals surface area (Å²) in [6.45, 7) is 2.39. The largest absolute Gasteiger partial charge is 0.385 e. The third kappa shape index (κ3) is 3.18. The Morgan fingerprint density at radius 3 is 2.35 bits per heavy atom. The molecule has 1 aliphatic carbocycles. The van der Waals surface area contributed by atoms with Crippen LogP contribution in [0.5, 0.6) is 0 Å². The first-order valence-corrected chi connectivity index (χ1v) is 7.36. The molecule has 4 heteroatoms. The SMILES string of the molecule is CCOC1(C(O)c2ccc(F)c(F)c2)CCCCCC1. The van der Waals surface area contributed by atoms with Crippen LogP contribution < -0.4 is 0 Å². The minimum absolute atomic E-state index is 0.388. The Morgan fingerprint density at radius 1 is 1.15 bits per heavy atom. The summed E-state index contributed by atoms with van der Waals surface area (Å²) >= 11 is 0. The fourth-order valence-electron chi connectivity index (χ4n) is 3.10. The molecule has 0 amide bonds. The molecule has 1 saturated carbocycles. The van der Waals surface area contributed by atoms with Gasteiger partial charge in [0.05, 0.1) is 5.60 Å². The van der Waals surface area contributed by atoms with Crippen molar-refractivity contribution in [3.05, 3.63) is 35.4 Å². The second-order valence-corrected chi connectivity index (χ2v) is 5.49. The highest BCUT2D eigenvalue weighted by atomic mass is 19.2. The van der Waals surface area contributed by atoms with Gasteiger partial charge in [0, 0.05) is 6.61 Å². The summed E-state index contributed by atoms with van der Waals surface area (Å²) in [4.78, 5) is 0. The van der Waals surface area contributed by atoms with Crippen LogP contribution >= 0.6 is 0 Å². The molecule has 0 aromatic heterocycles. The van der Waals surface area contributed by atoms with Crippen molar-refractivity contribution in [2.75, 3.05) is 6.61 Å². The normalized spacial score (nSPS) is 20.4. The van der Waals surface area contributed by atoms with Gasteiger partial charge in [-0.1, -0.05) is 31.7 Å². The van der Waals surface area contributed by atoms with Gasteiger partial charge in [-0.15, -0.1) is 0 Å². The number of ether oxygens (including phenoxy) is 1. The van der Waals surface area contributed by atoms with Gasteiger partial charge in [-0.25, -0.2) is 8.78 Å². The van der Waals surface area contributed by atoms with Crippen molar-refractivity contribution in [2.45, 2.75) is 57.2 Å². The maximum Gasteiger partial charge on any atom is 0.159 e. The van der Waals surface area contributed by atoms with Gasteiger partial charge in [-0.05, 0) is 37.5 Å². The number of benzene rings is 1. The van der Waals surface area contributed by atoms with E-state index in [1.165, 1.54) is 6.07 Å². The number of aliphatic hydroxyl groups is 1. The molecule has 1 aromatic rings. The molecule has 0 saturated heterocycles. The van der Waals surface area contributed by atoms with E-state index in [1.54, 1.807) is 0 Å². The third-order valence-corrected chi connectivity index (χ3v) is 4.14. The van der Waals surface area contributed by atoms with Gasteiger partial charge >= 0.3 is 0 Å². The van der Waals surface area contributed by atoms with Crippen LogP contribution in [-0.2, 0) is 4.74 Å². The minimum Gasteiger partial charge on any atom is -0.385 e. The van der Waals surface area contributed by atoms with Gasteiger partial charge in [0.15, 0.2) is 11.6 Å². The van der Waals surface area contributed by atoms with Gasteiger partial charge in [0.1, 0.15) is 6.10 Å². The van der Waals surface area contributed by atoms with Crippen molar-refractivity contribution in [3.63, 3.8) is 0 Å². The monoisotopic (exact) mass is 284 g/mol. The molecule has 0 spiro atoms. The molecule has 0 aliphatic heterocycles. The fourth-order valence-corrected chi connectivity index (χ4v) is 3.10. The van der Waals surface area contributed by atoms with Crippen molar-refractivity contribution >= 4 is 0 Å². The van der Waals surface area contributed by atoms with Crippen LogP contribution in [0.15, 0.2) is 18.2 Å². The predicted molar refractivity (Wildman–Crippen MR) is 73.4 cm³/mol. The maximum absolute atomic E-state index is 13.4. The van der Waals surface area contributed by atoms with E-state index in [2.05, 4.69) is 0 Å². The average molecular weight is 284 g/mol. The van der Waals surface area contributed by atoms with Gasteiger partial charge in [-0.2, -0.15) is 0 Å². The molecule has 0 bridgehead atoms. The number of rotatable bonds is 4. The van der Waals surface area contributed by atoms with Crippen molar-refractivity contribution in [2.24, 2.45) is 0 Å². The molecule has 112 valence electrons. The van der Waals surface area contributed by atoms with Crippen LogP contribution in [0.2, 0.25) is 0 Å². The summed E-state index contributed by atoms with van der Waals surface area (Å²) in [5.41, 5.74) is -0.283. The smallest absolute Gasteiger partial charge is 0.159 e. The Balaban J connectivity index is 2.29. The molecular formula is C16H22F2O2. The second kappa shape index (κ2) is 6.64. The molecule has 2 rings (SSSR count). The Hall–Kier alpha value is -1.00. The highest BCUT2D eigenvalue weighted by molar-refractivity contribution is 5.23. The van der Waals surface area contributed by atoms with Gasteiger partial charge in [0.25, 0.3) is 0 Å². The van der Waals surface area contributed by atoms with Crippen molar-refractivity contribution in [1.82, 2.24) is 0 Å². The first-order chi connectivity index (χ1) is 9.59. The fraction of sp³-hybridized carbons (Fsp3) is 0.625. The molecule has 1 unspecified atom stereocenters. The van der Waals surface area contributed by atoms with E-state index in [0.29, 0.717) is 12.2 Å². The molecular weight excluding hydrogens is 262 g/mol. The highest BCUT2D eigenvalue weighted by Crippen LogP contribution is 2.40. The van der Waals surface area contributed by atoms with Gasteiger partial charge in [0.2, 0.25) is 0 Å². The first kappa shape index (κ1) is 15.4. The van der Waals surface area contributed by atoms with E-state index >= 15 is 0 Å². The quantitative estimate of drug-likeness (QED) is 0.842. The Labute approximate surface area is 118 Å². The minimum atomic E-state index is -0.929. The number of hydrogen-bond donors (Lipinski definition) is 1.